The Morgan fingerprint density at radius 2 is 2.25 bits per heavy atom. The van der Waals surface area contributed by atoms with Gasteiger partial charge < -0.3 is 5.32 Å². The number of benzene rings is 1. The molecule has 0 aromatic heterocycles. The second-order valence-corrected chi connectivity index (χ2v) is 4.43. The van der Waals surface area contributed by atoms with Crippen molar-refractivity contribution in [2.45, 2.75) is 32.7 Å². The lowest BCUT2D eigenvalue weighted by Gasteiger charge is -2.24. The Morgan fingerprint density at radius 1 is 1.50 bits per heavy atom. The van der Waals surface area contributed by atoms with Gasteiger partial charge in [-0.3, -0.25) is 4.79 Å². The summed E-state index contributed by atoms with van der Waals surface area (Å²) in [5.74, 6) is 0.142. The van der Waals surface area contributed by atoms with Crippen LogP contribution in [0.4, 0.5) is 4.39 Å². The molecule has 1 aromatic carbocycles. The van der Waals surface area contributed by atoms with E-state index < -0.39 is 0 Å². The summed E-state index contributed by atoms with van der Waals surface area (Å²) >= 11 is 0. The minimum Gasteiger partial charge on any atom is -0.352 e. The highest BCUT2D eigenvalue weighted by Crippen LogP contribution is 2.26. The molecule has 1 aliphatic rings. The van der Waals surface area contributed by atoms with Crippen molar-refractivity contribution in [1.82, 2.24) is 5.32 Å². The van der Waals surface area contributed by atoms with Crippen molar-refractivity contribution in [3.05, 3.63) is 35.1 Å². The van der Waals surface area contributed by atoms with Crippen molar-refractivity contribution in [1.29, 1.82) is 0 Å². The number of amides is 1. The molecule has 1 N–H and O–H groups in total. The van der Waals surface area contributed by atoms with E-state index in [0.29, 0.717) is 12.1 Å². The van der Waals surface area contributed by atoms with Crippen molar-refractivity contribution in [2.75, 3.05) is 0 Å². The second-order valence-electron chi connectivity index (χ2n) is 4.43. The van der Waals surface area contributed by atoms with Gasteiger partial charge in [-0.25, -0.2) is 4.39 Å². The molecule has 0 radical (unpaired) electrons. The average Bonchev–Trinajstić information content (AvgIpc) is 2.17. The van der Waals surface area contributed by atoms with Crippen molar-refractivity contribution in [3.8, 4) is 0 Å². The number of carbonyl (C=O) groups excluding carboxylic acids is 1. The number of halogens is 1. The Balaban J connectivity index is 1.89. The number of hydrogen-bond acceptors (Lipinski definition) is 1. The van der Waals surface area contributed by atoms with E-state index in [1.54, 1.807) is 19.1 Å². The smallest absolute Gasteiger partial charge is 0.223 e. The van der Waals surface area contributed by atoms with Gasteiger partial charge in [0, 0.05) is 12.5 Å². The topological polar surface area (TPSA) is 29.1 Å². The molecule has 2 rings (SSSR count). The van der Waals surface area contributed by atoms with Crippen molar-refractivity contribution in [2.24, 2.45) is 5.92 Å². The number of rotatable bonds is 3. The van der Waals surface area contributed by atoms with Crippen LogP contribution in [0.3, 0.4) is 0 Å². The van der Waals surface area contributed by atoms with Crippen LogP contribution in [0.2, 0.25) is 0 Å². The van der Waals surface area contributed by atoms with E-state index in [9.17, 15) is 9.18 Å². The zero-order valence-electron chi connectivity index (χ0n) is 9.42. The standard InChI is InChI=1S/C13H16FNO/c1-9-7-10(5-6-12(9)14)8-15-13(16)11-3-2-4-11/h5-7,11H,2-4,8H2,1H3,(H,15,16). The molecule has 3 heteroatoms. The maximum Gasteiger partial charge on any atom is 0.223 e. The first-order chi connectivity index (χ1) is 7.66. The van der Waals surface area contributed by atoms with E-state index in [-0.39, 0.29) is 17.6 Å². The summed E-state index contributed by atoms with van der Waals surface area (Å²) in [6.07, 6.45) is 3.18. The molecular weight excluding hydrogens is 205 g/mol. The van der Waals surface area contributed by atoms with E-state index in [0.717, 1.165) is 24.8 Å². The van der Waals surface area contributed by atoms with E-state index in [1.807, 2.05) is 0 Å². The summed E-state index contributed by atoms with van der Waals surface area (Å²) in [7, 11) is 0. The molecule has 2 nitrogen and oxygen atoms in total. The van der Waals surface area contributed by atoms with Crippen LogP contribution in [0.5, 0.6) is 0 Å². The molecule has 1 amide bonds. The Kier molecular flexibility index (Phi) is 3.22. The largest absolute Gasteiger partial charge is 0.352 e. The predicted molar refractivity (Wildman–Crippen MR) is 60.3 cm³/mol. The fraction of sp³-hybridized carbons (Fsp3) is 0.462. The van der Waals surface area contributed by atoms with Crippen molar-refractivity contribution in [3.63, 3.8) is 0 Å². The van der Waals surface area contributed by atoms with Gasteiger partial charge in [0.1, 0.15) is 5.82 Å². The molecule has 0 aliphatic heterocycles. The first-order valence-corrected chi connectivity index (χ1v) is 5.69. The van der Waals surface area contributed by atoms with Crippen molar-refractivity contribution < 1.29 is 9.18 Å². The Labute approximate surface area is 94.9 Å². The van der Waals surface area contributed by atoms with Crippen LogP contribution in [-0.2, 0) is 11.3 Å². The highest BCUT2D eigenvalue weighted by Gasteiger charge is 2.24. The predicted octanol–water partition coefficient (Wildman–Crippen LogP) is 2.55. The van der Waals surface area contributed by atoms with Gasteiger partial charge in [0.25, 0.3) is 0 Å². The summed E-state index contributed by atoms with van der Waals surface area (Å²) in [5, 5.41) is 2.89. The quantitative estimate of drug-likeness (QED) is 0.835. The van der Waals surface area contributed by atoms with Crippen LogP contribution in [0.1, 0.15) is 30.4 Å². The Hall–Kier alpha value is -1.38. The molecule has 86 valence electrons. The number of nitrogens with one attached hydrogen (secondary N) is 1. The van der Waals surface area contributed by atoms with E-state index in [2.05, 4.69) is 5.32 Å². The first kappa shape index (κ1) is 11.1. The average molecular weight is 221 g/mol. The SMILES string of the molecule is Cc1cc(CNC(=O)C2CCC2)ccc1F. The Morgan fingerprint density at radius 3 is 2.81 bits per heavy atom. The highest BCUT2D eigenvalue weighted by atomic mass is 19.1. The molecule has 0 saturated heterocycles. The third kappa shape index (κ3) is 2.40. The molecule has 1 aromatic rings. The number of hydrogen-bond donors (Lipinski definition) is 1. The molecule has 0 spiro atoms. The van der Waals surface area contributed by atoms with Gasteiger partial charge >= 0.3 is 0 Å². The summed E-state index contributed by atoms with van der Waals surface area (Å²) in [6.45, 7) is 2.23. The molecule has 16 heavy (non-hydrogen) atoms. The summed E-state index contributed by atoms with van der Waals surface area (Å²) in [6, 6.07) is 4.93. The van der Waals surface area contributed by atoms with Gasteiger partial charge in [-0.2, -0.15) is 0 Å². The fourth-order valence-corrected chi connectivity index (χ4v) is 1.82. The molecule has 1 saturated carbocycles. The van der Waals surface area contributed by atoms with E-state index in [4.69, 9.17) is 0 Å². The lowest BCUT2D eigenvalue weighted by Crippen LogP contribution is -2.33. The van der Waals surface area contributed by atoms with Crippen LogP contribution in [0.15, 0.2) is 18.2 Å². The second kappa shape index (κ2) is 4.64. The molecule has 0 atom stereocenters. The van der Waals surface area contributed by atoms with Crippen LogP contribution in [0.25, 0.3) is 0 Å². The van der Waals surface area contributed by atoms with E-state index >= 15 is 0 Å². The number of carbonyl (C=O) groups is 1. The van der Waals surface area contributed by atoms with Gasteiger partial charge in [-0.15, -0.1) is 0 Å². The third-order valence-electron chi connectivity index (χ3n) is 3.17. The molecule has 0 heterocycles. The summed E-state index contributed by atoms with van der Waals surface area (Å²) < 4.78 is 13.0. The first-order valence-electron chi connectivity index (χ1n) is 5.69. The van der Waals surface area contributed by atoms with Crippen LogP contribution in [0, 0.1) is 18.7 Å². The number of aryl methyl sites for hydroxylation is 1. The van der Waals surface area contributed by atoms with Crippen LogP contribution < -0.4 is 5.32 Å². The molecule has 1 aliphatic carbocycles. The van der Waals surface area contributed by atoms with Gasteiger partial charge in [-0.05, 0) is 37.0 Å². The van der Waals surface area contributed by atoms with Gasteiger partial charge in [0.15, 0.2) is 0 Å². The monoisotopic (exact) mass is 221 g/mol. The zero-order chi connectivity index (χ0) is 11.5. The maximum atomic E-state index is 13.0. The summed E-state index contributed by atoms with van der Waals surface area (Å²) in [4.78, 5) is 11.6. The van der Waals surface area contributed by atoms with Crippen LogP contribution >= 0.6 is 0 Å². The third-order valence-corrected chi connectivity index (χ3v) is 3.17. The Bertz CT molecular complexity index is 399. The normalized spacial score (nSPS) is 15.6. The van der Waals surface area contributed by atoms with Crippen LogP contribution in [-0.4, -0.2) is 5.91 Å². The van der Waals surface area contributed by atoms with Gasteiger partial charge in [-0.1, -0.05) is 18.6 Å². The maximum absolute atomic E-state index is 13.0. The fourth-order valence-electron chi connectivity index (χ4n) is 1.82. The molecule has 1 fully saturated rings. The minimum absolute atomic E-state index is 0.133. The summed E-state index contributed by atoms with van der Waals surface area (Å²) in [5.41, 5.74) is 1.57. The minimum atomic E-state index is -0.200. The van der Waals surface area contributed by atoms with Crippen molar-refractivity contribution >= 4 is 5.91 Å². The zero-order valence-corrected chi connectivity index (χ0v) is 9.42. The van der Waals surface area contributed by atoms with E-state index in [1.165, 1.54) is 6.07 Å². The molecule has 0 bridgehead atoms. The van der Waals surface area contributed by atoms with Gasteiger partial charge in [0.05, 0.1) is 0 Å². The lowest BCUT2D eigenvalue weighted by atomic mass is 9.85. The lowest BCUT2D eigenvalue weighted by molar-refractivity contribution is -0.127. The van der Waals surface area contributed by atoms with Gasteiger partial charge in [0.2, 0.25) is 5.91 Å². The molecular formula is C13H16FNO. The highest BCUT2D eigenvalue weighted by molar-refractivity contribution is 5.79. The molecule has 0 unspecified atom stereocenters.